The molecule has 1 N–H and O–H groups in total. The molecule has 0 unspecified atom stereocenters. The summed E-state index contributed by atoms with van der Waals surface area (Å²) in [5.41, 5.74) is 1.04. The van der Waals surface area contributed by atoms with Gasteiger partial charge in [-0.3, -0.25) is 0 Å². The SMILES string of the molecule is CCNCc1cccnc1N1CCC(C(F)(F)F)CC1. The number of anilines is 1. The molecule has 1 aliphatic rings. The van der Waals surface area contributed by atoms with E-state index < -0.39 is 12.1 Å². The van der Waals surface area contributed by atoms with Gasteiger partial charge in [0, 0.05) is 31.4 Å². The number of hydrogen-bond acceptors (Lipinski definition) is 3. The summed E-state index contributed by atoms with van der Waals surface area (Å²) >= 11 is 0. The predicted octanol–water partition coefficient (Wildman–Crippen LogP) is 2.97. The van der Waals surface area contributed by atoms with Crippen molar-refractivity contribution in [3.63, 3.8) is 0 Å². The number of alkyl halides is 3. The van der Waals surface area contributed by atoms with E-state index in [1.165, 1.54) is 0 Å². The molecule has 1 saturated heterocycles. The molecule has 0 atom stereocenters. The molecule has 6 heteroatoms. The zero-order valence-corrected chi connectivity index (χ0v) is 11.6. The second-order valence-corrected chi connectivity index (χ2v) is 5.07. The van der Waals surface area contributed by atoms with Crippen molar-refractivity contribution in [2.75, 3.05) is 24.5 Å². The van der Waals surface area contributed by atoms with Crippen LogP contribution in [0.15, 0.2) is 18.3 Å². The van der Waals surface area contributed by atoms with Crippen LogP contribution in [-0.4, -0.2) is 30.8 Å². The molecule has 3 nitrogen and oxygen atoms in total. The van der Waals surface area contributed by atoms with Crippen molar-refractivity contribution < 1.29 is 13.2 Å². The third-order valence-corrected chi connectivity index (χ3v) is 3.69. The maximum Gasteiger partial charge on any atom is 0.391 e. The van der Waals surface area contributed by atoms with Gasteiger partial charge in [-0.2, -0.15) is 13.2 Å². The van der Waals surface area contributed by atoms with Gasteiger partial charge in [0.15, 0.2) is 0 Å². The van der Waals surface area contributed by atoms with Crippen molar-refractivity contribution in [3.8, 4) is 0 Å². The van der Waals surface area contributed by atoms with Crippen molar-refractivity contribution in [2.45, 2.75) is 32.5 Å². The lowest BCUT2D eigenvalue weighted by molar-refractivity contribution is -0.179. The highest BCUT2D eigenvalue weighted by molar-refractivity contribution is 5.47. The van der Waals surface area contributed by atoms with E-state index in [1.807, 2.05) is 24.0 Å². The summed E-state index contributed by atoms with van der Waals surface area (Å²) in [6.07, 6.45) is -2.06. The average Bonchev–Trinajstić information content (AvgIpc) is 2.45. The molecule has 0 aliphatic carbocycles. The summed E-state index contributed by atoms with van der Waals surface area (Å²) < 4.78 is 38.0. The van der Waals surface area contributed by atoms with E-state index in [2.05, 4.69) is 10.3 Å². The fourth-order valence-corrected chi connectivity index (χ4v) is 2.53. The van der Waals surface area contributed by atoms with Gasteiger partial charge in [0.25, 0.3) is 0 Å². The van der Waals surface area contributed by atoms with Crippen LogP contribution in [0, 0.1) is 5.92 Å². The third kappa shape index (κ3) is 3.62. The van der Waals surface area contributed by atoms with E-state index in [-0.39, 0.29) is 12.8 Å². The number of nitrogens with zero attached hydrogens (tertiary/aromatic N) is 2. The maximum absolute atomic E-state index is 12.7. The summed E-state index contributed by atoms with van der Waals surface area (Å²) in [5, 5.41) is 3.23. The minimum Gasteiger partial charge on any atom is -0.356 e. The van der Waals surface area contributed by atoms with Crippen LogP contribution in [0.3, 0.4) is 0 Å². The van der Waals surface area contributed by atoms with Gasteiger partial charge in [0.05, 0.1) is 5.92 Å². The zero-order chi connectivity index (χ0) is 14.6. The standard InChI is InChI=1S/C14H20F3N3/c1-2-18-10-11-4-3-7-19-13(11)20-8-5-12(6-9-20)14(15,16)17/h3-4,7,12,18H,2,5-6,8-10H2,1H3. The van der Waals surface area contributed by atoms with Gasteiger partial charge in [0.2, 0.25) is 0 Å². The van der Waals surface area contributed by atoms with E-state index in [1.54, 1.807) is 6.20 Å². The summed E-state index contributed by atoms with van der Waals surface area (Å²) in [4.78, 5) is 6.31. The molecule has 112 valence electrons. The molecule has 2 heterocycles. The van der Waals surface area contributed by atoms with E-state index in [9.17, 15) is 13.2 Å². The van der Waals surface area contributed by atoms with Crippen LogP contribution in [0.1, 0.15) is 25.3 Å². The Balaban J connectivity index is 2.03. The monoisotopic (exact) mass is 287 g/mol. The highest BCUT2D eigenvalue weighted by atomic mass is 19.4. The minimum absolute atomic E-state index is 0.153. The van der Waals surface area contributed by atoms with Gasteiger partial charge in [-0.15, -0.1) is 0 Å². The van der Waals surface area contributed by atoms with E-state index in [4.69, 9.17) is 0 Å². The Bertz CT molecular complexity index is 426. The quantitative estimate of drug-likeness (QED) is 0.923. The Morgan fingerprint density at radius 1 is 1.35 bits per heavy atom. The molecule has 1 aromatic rings. The molecule has 0 aromatic carbocycles. The summed E-state index contributed by atoms with van der Waals surface area (Å²) in [6.45, 7) is 4.40. The Labute approximate surface area is 117 Å². The van der Waals surface area contributed by atoms with Crippen LogP contribution < -0.4 is 10.2 Å². The topological polar surface area (TPSA) is 28.2 Å². The molecule has 0 amide bonds. The molecular formula is C14H20F3N3. The number of pyridine rings is 1. The molecule has 0 saturated carbocycles. The molecule has 0 bridgehead atoms. The van der Waals surface area contributed by atoms with E-state index in [0.717, 1.165) is 17.9 Å². The van der Waals surface area contributed by atoms with Crippen LogP contribution in [0.25, 0.3) is 0 Å². The van der Waals surface area contributed by atoms with Gasteiger partial charge < -0.3 is 10.2 Å². The zero-order valence-electron chi connectivity index (χ0n) is 11.6. The van der Waals surface area contributed by atoms with Crippen molar-refractivity contribution >= 4 is 5.82 Å². The first-order valence-corrected chi connectivity index (χ1v) is 6.98. The number of aromatic nitrogens is 1. The molecule has 20 heavy (non-hydrogen) atoms. The third-order valence-electron chi connectivity index (χ3n) is 3.69. The van der Waals surface area contributed by atoms with E-state index >= 15 is 0 Å². The highest BCUT2D eigenvalue weighted by Gasteiger charge is 2.41. The number of nitrogens with one attached hydrogen (secondary N) is 1. The first-order chi connectivity index (χ1) is 9.52. The smallest absolute Gasteiger partial charge is 0.356 e. The minimum atomic E-state index is -4.07. The van der Waals surface area contributed by atoms with Crippen molar-refractivity contribution in [2.24, 2.45) is 5.92 Å². The first-order valence-electron chi connectivity index (χ1n) is 6.98. The summed E-state index contributed by atoms with van der Waals surface area (Å²) in [7, 11) is 0. The first kappa shape index (κ1) is 15.1. The maximum atomic E-state index is 12.7. The highest BCUT2D eigenvalue weighted by Crippen LogP contribution is 2.35. The number of hydrogen-bond donors (Lipinski definition) is 1. The lowest BCUT2D eigenvalue weighted by atomic mass is 9.96. The largest absolute Gasteiger partial charge is 0.391 e. The van der Waals surface area contributed by atoms with Crippen molar-refractivity contribution in [3.05, 3.63) is 23.9 Å². The second-order valence-electron chi connectivity index (χ2n) is 5.07. The lowest BCUT2D eigenvalue weighted by Gasteiger charge is -2.34. The average molecular weight is 287 g/mol. The van der Waals surface area contributed by atoms with Crippen molar-refractivity contribution in [1.82, 2.24) is 10.3 Å². The molecule has 0 spiro atoms. The van der Waals surface area contributed by atoms with Gasteiger partial charge in [0.1, 0.15) is 5.82 Å². The number of piperidine rings is 1. The fraction of sp³-hybridized carbons (Fsp3) is 0.643. The van der Waals surface area contributed by atoms with E-state index in [0.29, 0.717) is 19.6 Å². The van der Waals surface area contributed by atoms with Gasteiger partial charge in [-0.25, -0.2) is 4.98 Å². The van der Waals surface area contributed by atoms with Gasteiger partial charge >= 0.3 is 6.18 Å². The predicted molar refractivity (Wildman–Crippen MR) is 72.6 cm³/mol. The van der Waals surface area contributed by atoms with Crippen LogP contribution in [-0.2, 0) is 6.54 Å². The Morgan fingerprint density at radius 3 is 2.65 bits per heavy atom. The second kappa shape index (κ2) is 6.43. The Morgan fingerprint density at radius 2 is 2.05 bits per heavy atom. The normalized spacial score (nSPS) is 17.5. The summed E-state index contributed by atoms with van der Waals surface area (Å²) in [5.74, 6) is -0.353. The van der Waals surface area contributed by atoms with Crippen molar-refractivity contribution in [1.29, 1.82) is 0 Å². The molecule has 2 rings (SSSR count). The number of halogens is 3. The molecule has 1 aromatic heterocycles. The molecule has 1 fully saturated rings. The van der Waals surface area contributed by atoms with Crippen LogP contribution >= 0.6 is 0 Å². The Kier molecular flexibility index (Phi) is 4.86. The van der Waals surface area contributed by atoms with Crippen LogP contribution in [0.4, 0.5) is 19.0 Å². The van der Waals surface area contributed by atoms with Crippen LogP contribution in [0.5, 0.6) is 0 Å². The lowest BCUT2D eigenvalue weighted by Crippen LogP contribution is -2.40. The fourth-order valence-electron chi connectivity index (χ4n) is 2.53. The summed E-state index contributed by atoms with van der Waals surface area (Å²) in [6, 6.07) is 3.83. The Hall–Kier alpha value is -1.30. The molecule has 0 radical (unpaired) electrons. The van der Waals surface area contributed by atoms with Gasteiger partial charge in [-0.05, 0) is 25.5 Å². The van der Waals surface area contributed by atoms with Crippen LogP contribution in [0.2, 0.25) is 0 Å². The number of rotatable bonds is 4. The molecule has 1 aliphatic heterocycles. The van der Waals surface area contributed by atoms with Gasteiger partial charge in [-0.1, -0.05) is 13.0 Å². The molecular weight excluding hydrogens is 267 g/mol.